The Bertz CT molecular complexity index is 639. The number of likely N-dealkylation sites (N-methyl/N-ethyl adjacent to an activating group) is 1. The first-order valence-corrected chi connectivity index (χ1v) is 10.3. The van der Waals surface area contributed by atoms with E-state index in [1.54, 1.807) is 11.0 Å². The summed E-state index contributed by atoms with van der Waals surface area (Å²) >= 11 is 1.35. The molecule has 27 heavy (non-hydrogen) atoms. The average Bonchev–Trinajstić information content (AvgIpc) is 3.18. The normalized spacial score (nSPS) is 16.6. The molecular formula is C19H29N3O4S. The molecule has 0 aromatic carbocycles. The molecule has 2 N–H and O–H groups in total. The first-order valence-electron chi connectivity index (χ1n) is 9.42. The maximum atomic E-state index is 13.0. The summed E-state index contributed by atoms with van der Waals surface area (Å²) in [6.07, 6.45) is 1.49. The van der Waals surface area contributed by atoms with Crippen molar-refractivity contribution in [1.29, 1.82) is 0 Å². The lowest BCUT2D eigenvalue weighted by atomic mass is 9.98. The van der Waals surface area contributed by atoms with Crippen molar-refractivity contribution in [3.63, 3.8) is 0 Å². The molecule has 1 aliphatic heterocycles. The van der Waals surface area contributed by atoms with Crippen LogP contribution in [0.25, 0.3) is 0 Å². The number of nitrogens with one attached hydrogen (secondary N) is 1. The Hall–Kier alpha value is -1.93. The maximum Gasteiger partial charge on any atom is 0.317 e. The number of amides is 2. The Morgan fingerprint density at radius 2 is 2.00 bits per heavy atom. The van der Waals surface area contributed by atoms with Gasteiger partial charge in [-0.25, -0.2) is 0 Å². The summed E-state index contributed by atoms with van der Waals surface area (Å²) in [6, 6.07) is 3.17. The van der Waals surface area contributed by atoms with Gasteiger partial charge < -0.3 is 15.3 Å². The number of carboxylic acid groups (broad SMARTS) is 1. The van der Waals surface area contributed by atoms with Gasteiger partial charge in [-0.05, 0) is 36.8 Å². The van der Waals surface area contributed by atoms with E-state index < -0.39 is 12.0 Å². The number of likely N-dealkylation sites (tertiary alicyclic amines) is 1. The second-order valence-electron chi connectivity index (χ2n) is 7.19. The second kappa shape index (κ2) is 9.85. The smallest absolute Gasteiger partial charge is 0.317 e. The zero-order valence-electron chi connectivity index (χ0n) is 16.2. The van der Waals surface area contributed by atoms with Crippen molar-refractivity contribution in [3.8, 4) is 0 Å². The molecule has 1 atom stereocenters. The maximum absolute atomic E-state index is 13.0. The van der Waals surface area contributed by atoms with Gasteiger partial charge >= 0.3 is 5.97 Å². The molecular weight excluding hydrogens is 366 g/mol. The molecule has 0 aliphatic carbocycles. The minimum absolute atomic E-state index is 0.0155. The number of aliphatic carboxylic acids is 1. The van der Waals surface area contributed by atoms with Crippen molar-refractivity contribution in [1.82, 2.24) is 15.1 Å². The van der Waals surface area contributed by atoms with Crippen LogP contribution in [0.3, 0.4) is 0 Å². The van der Waals surface area contributed by atoms with Crippen molar-refractivity contribution in [2.45, 2.75) is 45.7 Å². The van der Waals surface area contributed by atoms with Gasteiger partial charge in [0.05, 0.1) is 11.4 Å². The molecule has 150 valence electrons. The van der Waals surface area contributed by atoms with E-state index >= 15 is 0 Å². The Balaban J connectivity index is 1.95. The van der Waals surface area contributed by atoms with Crippen molar-refractivity contribution in [2.75, 3.05) is 26.2 Å². The van der Waals surface area contributed by atoms with E-state index in [0.29, 0.717) is 24.5 Å². The first kappa shape index (κ1) is 21.4. The number of carbonyl (C=O) groups excluding carboxylic acids is 2. The minimum atomic E-state index is -0.827. The van der Waals surface area contributed by atoms with Gasteiger partial charge in [-0.15, -0.1) is 11.3 Å². The molecule has 0 radical (unpaired) electrons. The molecule has 0 spiro atoms. The highest BCUT2D eigenvalue weighted by atomic mass is 32.1. The minimum Gasteiger partial charge on any atom is -0.480 e. The number of hydrogen-bond acceptors (Lipinski definition) is 5. The van der Waals surface area contributed by atoms with E-state index in [9.17, 15) is 14.4 Å². The van der Waals surface area contributed by atoms with Crippen molar-refractivity contribution in [2.24, 2.45) is 5.92 Å². The monoisotopic (exact) mass is 395 g/mol. The van der Waals surface area contributed by atoms with E-state index in [0.717, 1.165) is 12.8 Å². The van der Waals surface area contributed by atoms with Gasteiger partial charge in [-0.2, -0.15) is 0 Å². The molecule has 1 aliphatic rings. The summed E-state index contributed by atoms with van der Waals surface area (Å²) in [5, 5.41) is 13.8. The predicted molar refractivity (Wildman–Crippen MR) is 105 cm³/mol. The quantitative estimate of drug-likeness (QED) is 0.702. The third kappa shape index (κ3) is 5.77. The summed E-state index contributed by atoms with van der Waals surface area (Å²) in [7, 11) is 0. The van der Waals surface area contributed by atoms with Crippen molar-refractivity contribution in [3.05, 3.63) is 22.4 Å². The largest absolute Gasteiger partial charge is 0.480 e. The molecule has 2 rings (SSSR count). The van der Waals surface area contributed by atoms with Gasteiger partial charge in [0.1, 0.15) is 6.04 Å². The van der Waals surface area contributed by atoms with Gasteiger partial charge in [0, 0.05) is 19.1 Å². The second-order valence-corrected chi connectivity index (χ2v) is 8.13. The van der Waals surface area contributed by atoms with Crippen LogP contribution < -0.4 is 5.32 Å². The van der Waals surface area contributed by atoms with Crippen LogP contribution in [0.1, 0.15) is 43.3 Å². The van der Waals surface area contributed by atoms with Gasteiger partial charge in [0.25, 0.3) is 5.91 Å². The van der Waals surface area contributed by atoms with Crippen molar-refractivity contribution < 1.29 is 19.5 Å². The highest BCUT2D eigenvalue weighted by Gasteiger charge is 2.33. The third-order valence-corrected chi connectivity index (χ3v) is 5.87. The molecule has 7 nitrogen and oxygen atoms in total. The Morgan fingerprint density at radius 1 is 1.33 bits per heavy atom. The standard InChI is InChI=1S/C19H29N3O4S/c1-4-21(12-16(23)24)14-7-9-22(10-8-14)19(26)17(13(2)3)20-18(25)15-6-5-11-27-15/h5-6,11,13-14,17H,4,7-10,12H2,1-3H3,(H,20,25)(H,23,24). The molecule has 1 fully saturated rings. The molecule has 1 unspecified atom stereocenters. The number of rotatable bonds is 8. The van der Waals surface area contributed by atoms with Crippen LogP contribution in [0.5, 0.6) is 0 Å². The fourth-order valence-electron chi connectivity index (χ4n) is 3.45. The first-order chi connectivity index (χ1) is 12.8. The van der Waals surface area contributed by atoms with Gasteiger partial charge in [-0.1, -0.05) is 26.8 Å². The number of thiophene rings is 1. The molecule has 1 saturated heterocycles. The van der Waals surface area contributed by atoms with Gasteiger partial charge in [-0.3, -0.25) is 19.3 Å². The molecule has 0 saturated carbocycles. The molecule has 2 heterocycles. The summed E-state index contributed by atoms with van der Waals surface area (Å²) in [5.74, 6) is -1.12. The summed E-state index contributed by atoms with van der Waals surface area (Å²) in [6.45, 7) is 7.67. The number of carboxylic acids is 1. The van der Waals surface area contributed by atoms with E-state index in [2.05, 4.69) is 5.32 Å². The average molecular weight is 396 g/mol. The fourth-order valence-corrected chi connectivity index (χ4v) is 4.08. The van der Waals surface area contributed by atoms with E-state index in [-0.39, 0.29) is 30.3 Å². The summed E-state index contributed by atoms with van der Waals surface area (Å²) in [4.78, 5) is 40.7. The van der Waals surface area contributed by atoms with Crippen LogP contribution in [-0.2, 0) is 9.59 Å². The van der Waals surface area contributed by atoms with Crippen LogP contribution in [0, 0.1) is 5.92 Å². The lowest BCUT2D eigenvalue weighted by molar-refractivity contribution is -0.140. The molecule has 8 heteroatoms. The van der Waals surface area contributed by atoms with Crippen LogP contribution in [0.4, 0.5) is 0 Å². The lowest BCUT2D eigenvalue weighted by Gasteiger charge is -2.39. The van der Waals surface area contributed by atoms with Crippen LogP contribution >= 0.6 is 11.3 Å². The van der Waals surface area contributed by atoms with E-state index in [1.807, 2.05) is 37.1 Å². The highest BCUT2D eigenvalue weighted by molar-refractivity contribution is 7.12. The molecule has 2 amide bonds. The SMILES string of the molecule is CCN(CC(=O)O)C1CCN(C(=O)C(NC(=O)c2cccs2)C(C)C)CC1. The van der Waals surface area contributed by atoms with E-state index in [4.69, 9.17) is 5.11 Å². The van der Waals surface area contributed by atoms with Gasteiger partial charge in [0.15, 0.2) is 0 Å². The van der Waals surface area contributed by atoms with Gasteiger partial charge in [0.2, 0.25) is 5.91 Å². The molecule has 1 aromatic heterocycles. The van der Waals surface area contributed by atoms with Crippen LogP contribution in [0.15, 0.2) is 17.5 Å². The zero-order chi connectivity index (χ0) is 20.0. The number of nitrogens with zero attached hydrogens (tertiary/aromatic N) is 2. The number of piperidine rings is 1. The van der Waals surface area contributed by atoms with Crippen LogP contribution in [0.2, 0.25) is 0 Å². The summed E-state index contributed by atoms with van der Waals surface area (Å²) < 4.78 is 0. The third-order valence-electron chi connectivity index (χ3n) is 5.00. The topological polar surface area (TPSA) is 90.0 Å². The Morgan fingerprint density at radius 3 is 2.48 bits per heavy atom. The predicted octanol–water partition coefficient (Wildman–Crippen LogP) is 1.90. The summed E-state index contributed by atoms with van der Waals surface area (Å²) in [5.41, 5.74) is 0. The van der Waals surface area contributed by atoms with Crippen LogP contribution in [-0.4, -0.2) is 71.0 Å². The fraction of sp³-hybridized carbons (Fsp3) is 0.632. The lowest BCUT2D eigenvalue weighted by Crippen LogP contribution is -2.55. The zero-order valence-corrected chi connectivity index (χ0v) is 17.0. The highest BCUT2D eigenvalue weighted by Crippen LogP contribution is 2.19. The van der Waals surface area contributed by atoms with Crippen molar-refractivity contribution >= 4 is 29.1 Å². The molecule has 1 aromatic rings. The number of carbonyl (C=O) groups is 3. The Labute approximate surface area is 164 Å². The molecule has 0 bridgehead atoms. The number of hydrogen-bond donors (Lipinski definition) is 2. The van der Waals surface area contributed by atoms with E-state index in [1.165, 1.54) is 11.3 Å². The Kier molecular flexibility index (Phi) is 7.79.